The van der Waals surface area contributed by atoms with Crippen molar-refractivity contribution in [3.63, 3.8) is 0 Å². The van der Waals surface area contributed by atoms with E-state index in [4.69, 9.17) is 4.74 Å². The van der Waals surface area contributed by atoms with Crippen LogP contribution in [-0.2, 0) is 11.3 Å². The largest absolute Gasteiger partial charge is 0.497 e. The molecule has 0 atom stereocenters. The number of H-pyrrole nitrogens is 1. The van der Waals surface area contributed by atoms with E-state index >= 15 is 0 Å². The molecule has 1 N–H and O–H groups in total. The topological polar surface area (TPSA) is 62.4 Å². The summed E-state index contributed by atoms with van der Waals surface area (Å²) >= 11 is 0. The summed E-state index contributed by atoms with van der Waals surface area (Å²) in [6.45, 7) is 4.51. The Morgan fingerprint density at radius 2 is 2.10 bits per heavy atom. The van der Waals surface area contributed by atoms with Gasteiger partial charge in [0.15, 0.2) is 0 Å². The number of aromatic amines is 1. The summed E-state index contributed by atoms with van der Waals surface area (Å²) in [5.41, 5.74) is 1.15. The fraction of sp³-hybridized carbons (Fsp3) is 0.375. The summed E-state index contributed by atoms with van der Waals surface area (Å²) in [6.07, 6.45) is 0.863. The number of benzene rings is 1. The number of nitrogens with one attached hydrogen (secondary N) is 1. The van der Waals surface area contributed by atoms with Crippen LogP contribution in [0.4, 0.5) is 0 Å². The van der Waals surface area contributed by atoms with E-state index in [1.165, 1.54) is 6.92 Å². The zero-order chi connectivity index (χ0) is 15.4. The normalized spacial score (nSPS) is 10.6. The molecule has 5 heteroatoms. The third kappa shape index (κ3) is 3.42. The zero-order valence-electron chi connectivity index (χ0n) is 12.6. The Bertz CT molecular complexity index is 706. The molecule has 21 heavy (non-hydrogen) atoms. The minimum absolute atomic E-state index is 0.0222. The maximum atomic E-state index is 12.2. The molecule has 2 aromatic rings. The fourth-order valence-electron chi connectivity index (χ4n) is 2.29. The third-order valence-electron chi connectivity index (χ3n) is 3.43. The van der Waals surface area contributed by atoms with Gasteiger partial charge in [-0.25, -0.2) is 0 Å². The van der Waals surface area contributed by atoms with Crippen LogP contribution in [0.2, 0.25) is 0 Å². The molecule has 112 valence electrons. The molecule has 0 aliphatic rings. The summed E-state index contributed by atoms with van der Waals surface area (Å²) in [5, 5.41) is 0.922. The van der Waals surface area contributed by atoms with Gasteiger partial charge in [0.25, 0.3) is 5.56 Å². The number of carbonyl (C=O) groups excluding carboxylic acids is 1. The van der Waals surface area contributed by atoms with Crippen molar-refractivity contribution in [2.75, 3.05) is 13.7 Å². The number of hydrogen-bond acceptors (Lipinski definition) is 3. The van der Waals surface area contributed by atoms with Gasteiger partial charge in [0.05, 0.1) is 19.2 Å². The molecule has 0 aliphatic carbocycles. The lowest BCUT2D eigenvalue weighted by Gasteiger charge is -2.20. The highest BCUT2D eigenvalue weighted by Crippen LogP contribution is 2.18. The van der Waals surface area contributed by atoms with Crippen LogP contribution in [0.1, 0.15) is 25.8 Å². The number of carbonyl (C=O) groups is 1. The number of hydrogen-bond donors (Lipinski definition) is 1. The summed E-state index contributed by atoms with van der Waals surface area (Å²) in [5.74, 6) is 0.674. The first-order valence-corrected chi connectivity index (χ1v) is 7.00. The van der Waals surface area contributed by atoms with Crippen molar-refractivity contribution in [3.05, 3.63) is 40.2 Å². The standard InChI is InChI=1S/C16H20N2O3/c1-4-7-18(11(2)19)10-13-8-12-5-6-14(21-3)9-15(12)17-16(13)20/h5-6,8-9H,4,7,10H2,1-3H3,(H,17,20). The highest BCUT2D eigenvalue weighted by Gasteiger charge is 2.11. The van der Waals surface area contributed by atoms with Gasteiger partial charge in [-0.1, -0.05) is 6.92 Å². The van der Waals surface area contributed by atoms with Gasteiger partial charge >= 0.3 is 0 Å². The van der Waals surface area contributed by atoms with Crippen LogP contribution in [0.3, 0.4) is 0 Å². The van der Waals surface area contributed by atoms with E-state index in [-0.39, 0.29) is 11.5 Å². The molecule has 0 saturated heterocycles. The van der Waals surface area contributed by atoms with Crippen LogP contribution >= 0.6 is 0 Å². The summed E-state index contributed by atoms with van der Waals surface area (Å²) < 4.78 is 5.15. The van der Waals surface area contributed by atoms with Gasteiger partial charge in [0.1, 0.15) is 5.75 Å². The summed E-state index contributed by atoms with van der Waals surface area (Å²) in [4.78, 5) is 28.3. The number of nitrogens with zero attached hydrogens (tertiary/aromatic N) is 1. The highest BCUT2D eigenvalue weighted by molar-refractivity contribution is 5.80. The van der Waals surface area contributed by atoms with Crippen LogP contribution in [0.15, 0.2) is 29.1 Å². The van der Waals surface area contributed by atoms with E-state index in [2.05, 4.69) is 4.98 Å². The first-order chi connectivity index (χ1) is 10.0. The molecular formula is C16H20N2O3. The number of methoxy groups -OCH3 is 1. The first kappa shape index (κ1) is 15.1. The van der Waals surface area contributed by atoms with E-state index in [1.54, 1.807) is 18.1 Å². The Hall–Kier alpha value is -2.30. The Morgan fingerprint density at radius 3 is 2.71 bits per heavy atom. The highest BCUT2D eigenvalue weighted by atomic mass is 16.5. The molecule has 1 heterocycles. The average molecular weight is 288 g/mol. The van der Waals surface area contributed by atoms with Crippen molar-refractivity contribution in [1.82, 2.24) is 9.88 Å². The molecule has 0 unspecified atom stereocenters. The van der Waals surface area contributed by atoms with Crippen LogP contribution < -0.4 is 10.3 Å². The van der Waals surface area contributed by atoms with Crippen molar-refractivity contribution in [1.29, 1.82) is 0 Å². The van der Waals surface area contributed by atoms with E-state index in [1.807, 2.05) is 25.1 Å². The molecule has 1 aromatic carbocycles. The zero-order valence-corrected chi connectivity index (χ0v) is 12.6. The molecule has 5 nitrogen and oxygen atoms in total. The van der Waals surface area contributed by atoms with Crippen LogP contribution in [-0.4, -0.2) is 29.4 Å². The Balaban J connectivity index is 2.38. The quantitative estimate of drug-likeness (QED) is 0.918. The van der Waals surface area contributed by atoms with E-state index in [0.717, 1.165) is 17.3 Å². The number of ether oxygens (including phenoxy) is 1. The molecule has 0 aliphatic heterocycles. The molecule has 1 amide bonds. The van der Waals surface area contributed by atoms with Gasteiger partial charge in [0.2, 0.25) is 5.91 Å². The Labute approximate surface area is 123 Å². The number of fused-ring (bicyclic) bond motifs is 1. The summed E-state index contributed by atoms with van der Waals surface area (Å²) in [6, 6.07) is 7.36. The number of aromatic nitrogens is 1. The van der Waals surface area contributed by atoms with Gasteiger partial charge in [-0.05, 0) is 30.0 Å². The van der Waals surface area contributed by atoms with Gasteiger partial charge in [-0.3, -0.25) is 9.59 Å². The second kappa shape index (κ2) is 6.43. The van der Waals surface area contributed by atoms with Gasteiger partial charge in [-0.2, -0.15) is 0 Å². The molecule has 2 rings (SSSR count). The number of amides is 1. The molecule has 0 spiro atoms. The summed E-state index contributed by atoms with van der Waals surface area (Å²) in [7, 11) is 1.59. The Morgan fingerprint density at radius 1 is 1.33 bits per heavy atom. The van der Waals surface area contributed by atoms with Gasteiger partial charge in [-0.15, -0.1) is 0 Å². The van der Waals surface area contributed by atoms with E-state index in [0.29, 0.717) is 24.4 Å². The number of rotatable bonds is 5. The minimum Gasteiger partial charge on any atom is -0.497 e. The minimum atomic E-state index is -0.168. The molecule has 1 aromatic heterocycles. The molecule has 0 fully saturated rings. The second-order valence-electron chi connectivity index (χ2n) is 5.02. The van der Waals surface area contributed by atoms with Crippen molar-refractivity contribution in [2.45, 2.75) is 26.8 Å². The van der Waals surface area contributed by atoms with Crippen LogP contribution in [0.5, 0.6) is 5.75 Å². The lowest BCUT2D eigenvalue weighted by molar-refractivity contribution is -0.129. The first-order valence-electron chi connectivity index (χ1n) is 7.00. The second-order valence-corrected chi connectivity index (χ2v) is 5.02. The monoisotopic (exact) mass is 288 g/mol. The van der Waals surface area contributed by atoms with Crippen molar-refractivity contribution in [3.8, 4) is 5.75 Å². The third-order valence-corrected chi connectivity index (χ3v) is 3.43. The average Bonchev–Trinajstić information content (AvgIpc) is 2.46. The number of pyridine rings is 1. The molecule has 0 bridgehead atoms. The predicted molar refractivity (Wildman–Crippen MR) is 82.5 cm³/mol. The lowest BCUT2D eigenvalue weighted by Crippen LogP contribution is -2.31. The fourth-order valence-corrected chi connectivity index (χ4v) is 2.29. The van der Waals surface area contributed by atoms with Gasteiger partial charge < -0.3 is 14.6 Å². The SMILES string of the molecule is CCCN(Cc1cc2ccc(OC)cc2[nH]c1=O)C(C)=O. The molecule has 0 saturated carbocycles. The maximum Gasteiger partial charge on any atom is 0.253 e. The van der Waals surface area contributed by atoms with E-state index < -0.39 is 0 Å². The van der Waals surface area contributed by atoms with Crippen LogP contribution in [0, 0.1) is 0 Å². The van der Waals surface area contributed by atoms with Gasteiger partial charge in [0, 0.05) is 25.1 Å². The van der Waals surface area contributed by atoms with Crippen molar-refractivity contribution >= 4 is 16.8 Å². The Kier molecular flexibility index (Phi) is 4.62. The predicted octanol–water partition coefficient (Wildman–Crippen LogP) is 2.30. The van der Waals surface area contributed by atoms with Crippen molar-refractivity contribution in [2.24, 2.45) is 0 Å². The smallest absolute Gasteiger partial charge is 0.253 e. The van der Waals surface area contributed by atoms with E-state index in [9.17, 15) is 9.59 Å². The molecule has 0 radical (unpaired) electrons. The lowest BCUT2D eigenvalue weighted by atomic mass is 10.1. The maximum absolute atomic E-state index is 12.2. The molecular weight excluding hydrogens is 268 g/mol. The van der Waals surface area contributed by atoms with Crippen molar-refractivity contribution < 1.29 is 9.53 Å². The van der Waals surface area contributed by atoms with Crippen LogP contribution in [0.25, 0.3) is 10.9 Å².